The zero-order valence-electron chi connectivity index (χ0n) is 19.4. The van der Waals surface area contributed by atoms with Crippen LogP contribution in [0.2, 0.25) is 5.02 Å². The highest BCUT2D eigenvalue weighted by molar-refractivity contribution is 7.86. The molecular weight excluding hydrogens is 478 g/mol. The molecule has 0 saturated carbocycles. The number of hydrogen-bond acceptors (Lipinski definition) is 7. The van der Waals surface area contributed by atoms with Crippen molar-refractivity contribution >= 4 is 39.0 Å². The number of rotatable bonds is 8. The quantitative estimate of drug-likeness (QED) is 0.508. The maximum absolute atomic E-state index is 13.1. The highest BCUT2D eigenvalue weighted by Gasteiger charge is 2.37. The first-order valence-electron chi connectivity index (χ1n) is 11.3. The first kappa shape index (κ1) is 24.8. The van der Waals surface area contributed by atoms with Gasteiger partial charge < -0.3 is 14.5 Å². The van der Waals surface area contributed by atoms with E-state index in [1.807, 2.05) is 36.4 Å². The van der Waals surface area contributed by atoms with Crippen LogP contribution in [0, 0.1) is 0 Å². The molecular formula is C24H30ClN3O5S. The Morgan fingerprint density at radius 1 is 1.06 bits per heavy atom. The Bertz CT molecular complexity index is 1140. The third kappa shape index (κ3) is 5.83. The summed E-state index contributed by atoms with van der Waals surface area (Å²) < 4.78 is 34.1. The molecule has 1 unspecified atom stereocenters. The molecule has 1 amide bonds. The first-order valence-corrected chi connectivity index (χ1v) is 13.5. The van der Waals surface area contributed by atoms with Gasteiger partial charge >= 0.3 is 0 Å². The number of carbonyl (C=O) groups excluding carboxylic acids is 1. The van der Waals surface area contributed by atoms with E-state index in [9.17, 15) is 13.2 Å². The van der Waals surface area contributed by atoms with Gasteiger partial charge in [-0.05, 0) is 43.3 Å². The van der Waals surface area contributed by atoms with Gasteiger partial charge in [0.25, 0.3) is 16.0 Å². The number of halogens is 1. The molecule has 0 spiro atoms. The van der Waals surface area contributed by atoms with Crippen LogP contribution in [-0.2, 0) is 25.5 Å². The molecule has 0 aliphatic carbocycles. The fraction of sp³-hybridized carbons (Fsp3) is 0.458. The molecule has 2 aliphatic rings. The highest BCUT2D eigenvalue weighted by Crippen LogP contribution is 2.36. The fourth-order valence-corrected chi connectivity index (χ4v) is 5.40. The summed E-state index contributed by atoms with van der Waals surface area (Å²) in [7, 11) is -2.22. The largest absolute Gasteiger partial charge is 0.496 e. The van der Waals surface area contributed by atoms with E-state index in [1.54, 1.807) is 12.0 Å². The number of fused-ring (bicyclic) bond motifs is 1. The standard InChI is InChI=1S/C24H30ClN3O5S/c1-32-22-9-4-8-21-20(22)17-23(33-34(2,30)31)24(29)28(21)11-5-10-26-12-14-27(15-13-26)19-7-3-6-18(25)16-19/h3-4,6-9,16,23H,5,10-15,17H2,1-2H3. The normalized spacial score (nSPS) is 19.3. The predicted octanol–water partition coefficient (Wildman–Crippen LogP) is 2.79. The topological polar surface area (TPSA) is 79.4 Å². The van der Waals surface area contributed by atoms with E-state index in [1.165, 1.54) is 0 Å². The molecule has 4 rings (SSSR count). The van der Waals surface area contributed by atoms with Crippen molar-refractivity contribution in [2.24, 2.45) is 0 Å². The number of anilines is 2. The van der Waals surface area contributed by atoms with Crippen LogP contribution in [0.15, 0.2) is 42.5 Å². The van der Waals surface area contributed by atoms with Crippen molar-refractivity contribution in [1.82, 2.24) is 4.90 Å². The molecule has 2 aromatic rings. The van der Waals surface area contributed by atoms with Crippen molar-refractivity contribution in [1.29, 1.82) is 0 Å². The van der Waals surface area contributed by atoms with Crippen LogP contribution in [0.3, 0.4) is 0 Å². The van der Waals surface area contributed by atoms with Crippen LogP contribution >= 0.6 is 11.6 Å². The maximum Gasteiger partial charge on any atom is 0.265 e. The predicted molar refractivity (Wildman–Crippen MR) is 133 cm³/mol. The Balaban J connectivity index is 1.38. The third-order valence-corrected chi connectivity index (χ3v) is 7.06. The van der Waals surface area contributed by atoms with Crippen LogP contribution < -0.4 is 14.5 Å². The second-order valence-electron chi connectivity index (χ2n) is 8.60. The molecule has 1 saturated heterocycles. The molecule has 0 bridgehead atoms. The van der Waals surface area contributed by atoms with Crippen molar-refractivity contribution in [3.05, 3.63) is 53.1 Å². The molecule has 2 aromatic carbocycles. The van der Waals surface area contributed by atoms with Crippen molar-refractivity contribution in [2.75, 3.05) is 62.4 Å². The number of ether oxygens (including phenoxy) is 1. The van der Waals surface area contributed by atoms with Gasteiger partial charge in [0.2, 0.25) is 0 Å². The van der Waals surface area contributed by atoms with Crippen LogP contribution in [0.4, 0.5) is 11.4 Å². The summed E-state index contributed by atoms with van der Waals surface area (Å²) in [6, 6.07) is 13.4. The molecule has 0 radical (unpaired) electrons. The summed E-state index contributed by atoms with van der Waals surface area (Å²) in [6.07, 6.45) is 0.795. The van der Waals surface area contributed by atoms with Gasteiger partial charge in [-0.1, -0.05) is 23.7 Å². The van der Waals surface area contributed by atoms with Gasteiger partial charge in [0.1, 0.15) is 5.75 Å². The van der Waals surface area contributed by atoms with E-state index in [0.29, 0.717) is 12.3 Å². The van der Waals surface area contributed by atoms with Gasteiger partial charge in [-0.3, -0.25) is 13.9 Å². The van der Waals surface area contributed by atoms with E-state index < -0.39 is 16.2 Å². The van der Waals surface area contributed by atoms with E-state index in [2.05, 4.69) is 15.9 Å². The summed E-state index contributed by atoms with van der Waals surface area (Å²) in [6.45, 7) is 4.97. The van der Waals surface area contributed by atoms with Crippen molar-refractivity contribution < 1.29 is 22.1 Å². The lowest BCUT2D eigenvalue weighted by atomic mass is 9.97. The second kappa shape index (κ2) is 10.5. The minimum Gasteiger partial charge on any atom is -0.496 e. The Hall–Kier alpha value is -2.33. The summed E-state index contributed by atoms with van der Waals surface area (Å²) in [4.78, 5) is 19.5. The molecule has 2 aliphatic heterocycles. The number of benzene rings is 2. The van der Waals surface area contributed by atoms with Gasteiger partial charge in [-0.15, -0.1) is 0 Å². The summed E-state index contributed by atoms with van der Waals surface area (Å²) in [5.74, 6) is 0.284. The summed E-state index contributed by atoms with van der Waals surface area (Å²) >= 11 is 6.13. The van der Waals surface area contributed by atoms with E-state index in [-0.39, 0.29) is 12.3 Å². The molecule has 34 heavy (non-hydrogen) atoms. The van der Waals surface area contributed by atoms with E-state index in [0.717, 1.165) is 67.4 Å². The lowest BCUT2D eigenvalue weighted by Gasteiger charge is -2.37. The Morgan fingerprint density at radius 2 is 1.79 bits per heavy atom. The zero-order chi connectivity index (χ0) is 24.3. The average Bonchev–Trinajstić information content (AvgIpc) is 2.80. The summed E-state index contributed by atoms with van der Waals surface area (Å²) in [5.41, 5.74) is 2.67. The van der Waals surface area contributed by atoms with Crippen LogP contribution in [0.1, 0.15) is 12.0 Å². The lowest BCUT2D eigenvalue weighted by molar-refractivity contribution is -0.125. The average molecular weight is 508 g/mol. The molecule has 2 heterocycles. The zero-order valence-corrected chi connectivity index (χ0v) is 21.0. The number of hydrogen-bond donors (Lipinski definition) is 0. The Labute approximate surface area is 206 Å². The van der Waals surface area contributed by atoms with E-state index in [4.69, 9.17) is 20.5 Å². The minimum absolute atomic E-state index is 0.160. The molecule has 8 nitrogen and oxygen atoms in total. The maximum atomic E-state index is 13.1. The molecule has 0 N–H and O–H groups in total. The van der Waals surface area contributed by atoms with E-state index >= 15 is 0 Å². The number of carbonyl (C=O) groups is 1. The van der Waals surface area contributed by atoms with Gasteiger partial charge in [-0.2, -0.15) is 8.42 Å². The molecule has 1 atom stereocenters. The monoisotopic (exact) mass is 507 g/mol. The number of nitrogens with zero attached hydrogens (tertiary/aromatic N) is 3. The molecule has 184 valence electrons. The van der Waals surface area contributed by atoms with Crippen LogP contribution in [-0.4, -0.2) is 78.0 Å². The smallest absolute Gasteiger partial charge is 0.265 e. The number of methoxy groups -OCH3 is 1. The lowest BCUT2D eigenvalue weighted by Crippen LogP contribution is -2.49. The van der Waals surface area contributed by atoms with Gasteiger partial charge in [0.15, 0.2) is 6.10 Å². The highest BCUT2D eigenvalue weighted by atomic mass is 35.5. The SMILES string of the molecule is COc1cccc2c1CC(OS(C)(=O)=O)C(=O)N2CCCN1CCN(c2cccc(Cl)c2)CC1. The molecule has 10 heteroatoms. The van der Waals surface area contributed by atoms with Crippen molar-refractivity contribution in [3.8, 4) is 5.75 Å². The van der Waals surface area contributed by atoms with Gasteiger partial charge in [-0.25, -0.2) is 0 Å². The second-order valence-corrected chi connectivity index (χ2v) is 10.6. The van der Waals surface area contributed by atoms with Gasteiger partial charge in [0, 0.05) is 55.4 Å². The summed E-state index contributed by atoms with van der Waals surface area (Å²) in [5, 5.41) is 0.737. The fourth-order valence-electron chi connectivity index (χ4n) is 4.64. The Kier molecular flexibility index (Phi) is 7.67. The van der Waals surface area contributed by atoms with Crippen LogP contribution in [0.5, 0.6) is 5.75 Å². The Morgan fingerprint density at radius 3 is 2.47 bits per heavy atom. The minimum atomic E-state index is -3.78. The van der Waals surface area contributed by atoms with Crippen molar-refractivity contribution in [2.45, 2.75) is 18.9 Å². The molecule has 1 fully saturated rings. The van der Waals surface area contributed by atoms with Crippen LogP contribution in [0.25, 0.3) is 0 Å². The number of amides is 1. The van der Waals surface area contributed by atoms with Crippen molar-refractivity contribution in [3.63, 3.8) is 0 Å². The third-order valence-electron chi connectivity index (χ3n) is 6.24. The first-order chi connectivity index (χ1) is 16.2. The molecule has 0 aromatic heterocycles. The van der Waals surface area contributed by atoms with Gasteiger partial charge in [0.05, 0.1) is 19.1 Å². The number of piperazine rings is 1.